The molecule has 3 rings (SSSR count). The molecule has 6 nitrogen and oxygen atoms in total. The van der Waals surface area contributed by atoms with Crippen LogP contribution >= 0.6 is 15.9 Å². The molecule has 1 aromatic carbocycles. The van der Waals surface area contributed by atoms with Gasteiger partial charge in [0.15, 0.2) is 0 Å². The molecule has 0 radical (unpaired) electrons. The molecule has 1 heterocycles. The first kappa shape index (κ1) is 17.8. The minimum atomic E-state index is -3.77. The lowest BCUT2D eigenvalue weighted by Gasteiger charge is -2.24. The zero-order valence-corrected chi connectivity index (χ0v) is 16.1. The molecule has 1 aliphatic carbocycles. The first-order valence-corrected chi connectivity index (χ1v) is 10.2. The number of rotatable bonds is 7. The van der Waals surface area contributed by atoms with E-state index in [2.05, 4.69) is 20.7 Å². The van der Waals surface area contributed by atoms with Gasteiger partial charge in [0.05, 0.1) is 17.1 Å². The van der Waals surface area contributed by atoms with E-state index >= 15 is 0 Å². The van der Waals surface area contributed by atoms with Gasteiger partial charge < -0.3 is 9.64 Å². The Morgan fingerprint density at radius 1 is 1.42 bits per heavy atom. The van der Waals surface area contributed by atoms with Crippen LogP contribution < -0.4 is 4.72 Å². The fourth-order valence-electron chi connectivity index (χ4n) is 3.13. The second-order valence-corrected chi connectivity index (χ2v) is 8.99. The first-order valence-electron chi connectivity index (χ1n) is 7.97. The Kier molecular flexibility index (Phi) is 5.01. The van der Waals surface area contributed by atoms with E-state index in [1.54, 1.807) is 4.90 Å². The van der Waals surface area contributed by atoms with Crippen molar-refractivity contribution in [2.45, 2.75) is 37.2 Å². The van der Waals surface area contributed by atoms with E-state index in [9.17, 15) is 13.2 Å². The van der Waals surface area contributed by atoms with Gasteiger partial charge in [-0.05, 0) is 43.4 Å². The molecule has 0 saturated heterocycles. The minimum Gasteiger partial charge on any atom is -0.383 e. The number of ether oxygens (including phenoxy) is 1. The van der Waals surface area contributed by atoms with Crippen LogP contribution in [0.15, 0.2) is 21.5 Å². The van der Waals surface area contributed by atoms with Crippen LogP contribution in [0.4, 0.5) is 0 Å². The Hall–Kier alpha value is -0.960. The molecule has 2 aliphatic rings. The molecule has 0 aromatic heterocycles. The Balaban J connectivity index is 1.95. The van der Waals surface area contributed by atoms with Gasteiger partial charge in [0.25, 0.3) is 5.91 Å². The number of benzene rings is 1. The molecule has 1 aromatic rings. The van der Waals surface area contributed by atoms with Crippen molar-refractivity contribution in [3.63, 3.8) is 0 Å². The third-order valence-corrected chi connectivity index (χ3v) is 6.59. The van der Waals surface area contributed by atoms with Crippen molar-refractivity contribution >= 4 is 31.9 Å². The van der Waals surface area contributed by atoms with Gasteiger partial charge in [-0.1, -0.05) is 15.9 Å². The van der Waals surface area contributed by atoms with Crippen molar-refractivity contribution in [1.29, 1.82) is 0 Å². The normalized spacial score (nSPS) is 18.8. The molecule has 0 spiro atoms. The molecular formula is C16H21BrN2O4S. The lowest BCUT2D eigenvalue weighted by molar-refractivity contribution is 0.0694. The second-order valence-electron chi connectivity index (χ2n) is 6.34. The summed E-state index contributed by atoms with van der Waals surface area (Å²) >= 11 is 3.36. The van der Waals surface area contributed by atoms with Crippen molar-refractivity contribution in [1.82, 2.24) is 9.62 Å². The molecule has 24 heavy (non-hydrogen) atoms. The number of carbonyl (C=O) groups is 1. The molecule has 1 fully saturated rings. The summed E-state index contributed by atoms with van der Waals surface area (Å²) in [7, 11) is -2.27. The standard InChI is InChI=1S/C16H21BrN2O4S/c1-10(11-3-4-11)19-9-12-7-13(17)8-14(15(12)16(19)20)24(21,22)18-5-6-23-2/h7-8,10-11,18H,3-6,9H2,1-2H3/t10-/m0/s1. The number of hydrogen-bond acceptors (Lipinski definition) is 4. The fraction of sp³-hybridized carbons (Fsp3) is 0.562. The average Bonchev–Trinajstić information content (AvgIpc) is 3.31. The van der Waals surface area contributed by atoms with E-state index in [0.29, 0.717) is 22.5 Å². The quantitative estimate of drug-likeness (QED) is 0.690. The number of fused-ring (bicyclic) bond motifs is 1. The summed E-state index contributed by atoms with van der Waals surface area (Å²) in [5, 5.41) is 0. The van der Waals surface area contributed by atoms with Crippen LogP contribution in [-0.4, -0.2) is 45.5 Å². The smallest absolute Gasteiger partial charge is 0.256 e. The van der Waals surface area contributed by atoms with Crippen LogP contribution in [-0.2, 0) is 21.3 Å². The molecular weight excluding hydrogens is 396 g/mol. The molecule has 1 amide bonds. The number of carbonyl (C=O) groups excluding carboxylic acids is 1. The second kappa shape index (κ2) is 6.74. The van der Waals surface area contributed by atoms with Crippen molar-refractivity contribution in [3.05, 3.63) is 27.7 Å². The van der Waals surface area contributed by atoms with Crippen LogP contribution in [0.25, 0.3) is 0 Å². The number of methoxy groups -OCH3 is 1. The third-order valence-electron chi connectivity index (χ3n) is 4.65. The van der Waals surface area contributed by atoms with Gasteiger partial charge in [-0.2, -0.15) is 0 Å². The van der Waals surface area contributed by atoms with Gasteiger partial charge in [-0.25, -0.2) is 13.1 Å². The summed E-state index contributed by atoms with van der Waals surface area (Å²) in [6, 6.07) is 3.47. The fourth-order valence-corrected chi connectivity index (χ4v) is 5.07. The molecule has 1 N–H and O–H groups in total. The van der Waals surface area contributed by atoms with Gasteiger partial charge in [0.2, 0.25) is 10.0 Å². The number of hydrogen-bond donors (Lipinski definition) is 1. The maximum Gasteiger partial charge on any atom is 0.256 e. The molecule has 1 aliphatic heterocycles. The van der Waals surface area contributed by atoms with Crippen molar-refractivity contribution in [2.75, 3.05) is 20.3 Å². The Morgan fingerprint density at radius 3 is 2.75 bits per heavy atom. The number of halogens is 1. The number of nitrogens with one attached hydrogen (secondary N) is 1. The molecule has 1 atom stereocenters. The predicted octanol–water partition coefficient (Wildman–Crippen LogP) is 2.13. The van der Waals surface area contributed by atoms with Gasteiger partial charge in [0.1, 0.15) is 0 Å². The predicted molar refractivity (Wildman–Crippen MR) is 93.3 cm³/mol. The number of sulfonamides is 1. The highest BCUT2D eigenvalue weighted by atomic mass is 79.9. The van der Waals surface area contributed by atoms with Crippen molar-refractivity contribution in [2.24, 2.45) is 5.92 Å². The molecule has 1 saturated carbocycles. The lowest BCUT2D eigenvalue weighted by atomic mass is 10.1. The zero-order chi connectivity index (χ0) is 17.5. The van der Waals surface area contributed by atoms with E-state index < -0.39 is 10.0 Å². The minimum absolute atomic E-state index is 0.0403. The first-order chi connectivity index (χ1) is 11.3. The van der Waals surface area contributed by atoms with Crippen molar-refractivity contribution < 1.29 is 17.9 Å². The summed E-state index contributed by atoms with van der Waals surface area (Å²) < 4.78 is 33.3. The maximum atomic E-state index is 12.9. The Labute approximate surface area is 150 Å². The Bertz CT molecular complexity index is 762. The van der Waals surface area contributed by atoms with Gasteiger partial charge in [-0.15, -0.1) is 0 Å². The van der Waals surface area contributed by atoms with Crippen LogP contribution in [0.2, 0.25) is 0 Å². The monoisotopic (exact) mass is 416 g/mol. The van der Waals surface area contributed by atoms with E-state index in [4.69, 9.17) is 4.74 Å². The molecule has 0 unspecified atom stereocenters. The highest BCUT2D eigenvalue weighted by Crippen LogP contribution is 2.40. The van der Waals surface area contributed by atoms with Crippen LogP contribution in [0.5, 0.6) is 0 Å². The topological polar surface area (TPSA) is 75.7 Å². The summed E-state index contributed by atoms with van der Waals surface area (Å²) in [6.45, 7) is 2.94. The summed E-state index contributed by atoms with van der Waals surface area (Å²) in [4.78, 5) is 14.7. The van der Waals surface area contributed by atoms with Crippen LogP contribution in [0.1, 0.15) is 35.7 Å². The highest BCUT2D eigenvalue weighted by molar-refractivity contribution is 9.10. The van der Waals surface area contributed by atoms with Gasteiger partial charge >= 0.3 is 0 Å². The van der Waals surface area contributed by atoms with E-state index in [-0.39, 0.29) is 30.0 Å². The molecule has 8 heteroatoms. The van der Waals surface area contributed by atoms with Gasteiger partial charge in [-0.3, -0.25) is 4.79 Å². The van der Waals surface area contributed by atoms with Crippen LogP contribution in [0, 0.1) is 5.92 Å². The van der Waals surface area contributed by atoms with E-state index in [0.717, 1.165) is 18.4 Å². The third kappa shape index (κ3) is 3.37. The maximum absolute atomic E-state index is 12.9. The lowest BCUT2D eigenvalue weighted by Crippen LogP contribution is -2.35. The molecule has 132 valence electrons. The SMILES string of the molecule is COCCNS(=O)(=O)c1cc(Br)cc2c1C(=O)N([C@@H](C)C1CC1)C2. The van der Waals surface area contributed by atoms with Crippen molar-refractivity contribution in [3.8, 4) is 0 Å². The number of amides is 1. The zero-order valence-electron chi connectivity index (χ0n) is 13.7. The molecule has 0 bridgehead atoms. The average molecular weight is 417 g/mol. The van der Waals surface area contributed by atoms with E-state index in [1.807, 2.05) is 13.0 Å². The highest BCUT2D eigenvalue weighted by Gasteiger charge is 2.41. The summed E-state index contributed by atoms with van der Waals surface area (Å²) in [6.07, 6.45) is 2.27. The van der Waals surface area contributed by atoms with E-state index in [1.165, 1.54) is 13.2 Å². The Morgan fingerprint density at radius 2 is 2.12 bits per heavy atom. The number of nitrogens with zero attached hydrogens (tertiary/aromatic N) is 1. The summed E-state index contributed by atoms with van der Waals surface area (Å²) in [5.41, 5.74) is 1.06. The van der Waals surface area contributed by atoms with Gasteiger partial charge in [0, 0.05) is 30.7 Å². The van der Waals surface area contributed by atoms with Crippen LogP contribution in [0.3, 0.4) is 0 Å². The largest absolute Gasteiger partial charge is 0.383 e. The summed E-state index contributed by atoms with van der Waals surface area (Å²) in [5.74, 6) is 0.343.